The van der Waals surface area contributed by atoms with Gasteiger partial charge in [0.1, 0.15) is 0 Å². The first kappa shape index (κ1) is 16.8. The summed E-state index contributed by atoms with van der Waals surface area (Å²) in [6, 6.07) is 6.21. The molecule has 0 saturated carbocycles. The molecule has 0 unspecified atom stereocenters. The van der Waals surface area contributed by atoms with Crippen molar-refractivity contribution in [2.45, 2.75) is 25.8 Å². The zero-order valence-electron chi connectivity index (χ0n) is 15.3. The van der Waals surface area contributed by atoms with Gasteiger partial charge in [-0.25, -0.2) is 0 Å². The highest BCUT2D eigenvalue weighted by molar-refractivity contribution is 5.95. The summed E-state index contributed by atoms with van der Waals surface area (Å²) in [5, 5.41) is 16.2. The largest absolute Gasteiger partial charge is 0.326 e. The molecule has 1 amide bonds. The third-order valence-electron chi connectivity index (χ3n) is 5.06. The monoisotopic (exact) mass is 352 g/mol. The van der Waals surface area contributed by atoms with E-state index in [0.29, 0.717) is 6.54 Å². The molecule has 7 heteroatoms. The molecule has 1 fully saturated rings. The van der Waals surface area contributed by atoms with E-state index in [-0.39, 0.29) is 23.8 Å². The van der Waals surface area contributed by atoms with Gasteiger partial charge in [0.25, 0.3) is 0 Å². The van der Waals surface area contributed by atoms with E-state index < -0.39 is 0 Å². The first-order valence-corrected chi connectivity index (χ1v) is 9.00. The number of carbonyl (C=O) groups is 1. The average molecular weight is 352 g/mol. The highest BCUT2D eigenvalue weighted by Crippen LogP contribution is 2.29. The van der Waals surface area contributed by atoms with Crippen molar-refractivity contribution in [1.82, 2.24) is 24.9 Å². The van der Waals surface area contributed by atoms with E-state index in [4.69, 9.17) is 0 Å². The molecule has 3 aromatic rings. The summed E-state index contributed by atoms with van der Waals surface area (Å²) in [6.07, 6.45) is 5.71. The van der Waals surface area contributed by atoms with Gasteiger partial charge in [0.2, 0.25) is 5.91 Å². The fourth-order valence-corrected chi connectivity index (χ4v) is 3.70. The smallest absolute Gasteiger partial charge is 0.229 e. The van der Waals surface area contributed by atoms with Crippen LogP contribution in [0.5, 0.6) is 0 Å². The molecule has 0 aliphatic carbocycles. The number of aromatic nitrogens is 4. The molecule has 2 atom stereocenters. The van der Waals surface area contributed by atoms with Gasteiger partial charge in [0.05, 0.1) is 23.8 Å². The molecule has 1 aliphatic rings. The Hall–Kier alpha value is -2.67. The average Bonchev–Trinajstić information content (AvgIpc) is 3.32. The molecular formula is C19H24N6O. The second kappa shape index (κ2) is 6.57. The summed E-state index contributed by atoms with van der Waals surface area (Å²) in [4.78, 5) is 12.9. The van der Waals surface area contributed by atoms with Crippen molar-refractivity contribution >= 4 is 22.5 Å². The van der Waals surface area contributed by atoms with Crippen LogP contribution in [-0.2, 0) is 11.8 Å². The van der Waals surface area contributed by atoms with E-state index in [1.165, 1.54) is 0 Å². The maximum atomic E-state index is 12.9. The van der Waals surface area contributed by atoms with Gasteiger partial charge in [-0.2, -0.15) is 10.2 Å². The number of hydrogen-bond donors (Lipinski definition) is 2. The Morgan fingerprint density at radius 2 is 2.12 bits per heavy atom. The molecule has 0 radical (unpaired) electrons. The number of aryl methyl sites for hydroxylation is 1. The Balaban J connectivity index is 1.55. The van der Waals surface area contributed by atoms with Gasteiger partial charge >= 0.3 is 0 Å². The van der Waals surface area contributed by atoms with Gasteiger partial charge in [0, 0.05) is 49.4 Å². The van der Waals surface area contributed by atoms with Crippen LogP contribution >= 0.6 is 0 Å². The number of rotatable bonds is 4. The number of hydrogen-bond acceptors (Lipinski definition) is 4. The Bertz CT molecular complexity index is 941. The zero-order valence-corrected chi connectivity index (χ0v) is 15.3. The van der Waals surface area contributed by atoms with Gasteiger partial charge < -0.3 is 10.6 Å². The molecule has 0 bridgehead atoms. The van der Waals surface area contributed by atoms with Gasteiger partial charge in [-0.1, -0.05) is 0 Å². The summed E-state index contributed by atoms with van der Waals surface area (Å²) in [5.41, 5.74) is 2.94. The van der Waals surface area contributed by atoms with E-state index in [1.54, 1.807) is 4.68 Å². The SMILES string of the molecule is CC(C)n1ncc2ccc(NC(=O)[C@H]3CNC[C@@H]3c3cnn(C)c3)cc21. The number of carbonyl (C=O) groups excluding carboxylic acids is 1. The first-order valence-electron chi connectivity index (χ1n) is 9.00. The van der Waals surface area contributed by atoms with E-state index >= 15 is 0 Å². The maximum absolute atomic E-state index is 12.9. The Labute approximate surface area is 152 Å². The molecule has 0 spiro atoms. The normalized spacial score (nSPS) is 20.2. The summed E-state index contributed by atoms with van der Waals surface area (Å²) >= 11 is 0. The lowest BCUT2D eigenvalue weighted by molar-refractivity contribution is -0.119. The molecule has 1 saturated heterocycles. The number of benzene rings is 1. The van der Waals surface area contributed by atoms with Crippen LogP contribution in [0.15, 0.2) is 36.8 Å². The maximum Gasteiger partial charge on any atom is 0.229 e. The zero-order chi connectivity index (χ0) is 18.3. The molecule has 1 aliphatic heterocycles. The van der Waals surface area contributed by atoms with Crippen LogP contribution in [0.3, 0.4) is 0 Å². The summed E-state index contributed by atoms with van der Waals surface area (Å²) in [5.74, 6) is 0.0809. The Kier molecular flexibility index (Phi) is 4.24. The quantitative estimate of drug-likeness (QED) is 0.755. The van der Waals surface area contributed by atoms with Crippen LogP contribution in [0, 0.1) is 5.92 Å². The lowest BCUT2D eigenvalue weighted by Crippen LogP contribution is -2.28. The van der Waals surface area contributed by atoms with Crippen LogP contribution in [0.4, 0.5) is 5.69 Å². The van der Waals surface area contributed by atoms with Gasteiger partial charge in [0.15, 0.2) is 0 Å². The van der Waals surface area contributed by atoms with Gasteiger partial charge in [-0.05, 0) is 37.6 Å². The minimum atomic E-state index is -0.107. The van der Waals surface area contributed by atoms with Crippen molar-refractivity contribution in [2.24, 2.45) is 13.0 Å². The third-order valence-corrected chi connectivity index (χ3v) is 5.06. The van der Waals surface area contributed by atoms with Crippen LogP contribution in [0.2, 0.25) is 0 Å². The van der Waals surface area contributed by atoms with Crippen molar-refractivity contribution < 1.29 is 4.79 Å². The van der Waals surface area contributed by atoms with Crippen LogP contribution < -0.4 is 10.6 Å². The molecule has 26 heavy (non-hydrogen) atoms. The number of nitrogens with one attached hydrogen (secondary N) is 2. The second-order valence-electron chi connectivity index (χ2n) is 7.26. The van der Waals surface area contributed by atoms with E-state index in [1.807, 2.05) is 48.5 Å². The van der Waals surface area contributed by atoms with E-state index in [9.17, 15) is 4.79 Å². The lowest BCUT2D eigenvalue weighted by Gasteiger charge is -2.17. The van der Waals surface area contributed by atoms with Crippen LogP contribution in [0.1, 0.15) is 31.4 Å². The van der Waals surface area contributed by atoms with E-state index in [0.717, 1.165) is 28.7 Å². The molecule has 7 nitrogen and oxygen atoms in total. The molecule has 1 aromatic carbocycles. The summed E-state index contributed by atoms with van der Waals surface area (Å²) < 4.78 is 3.75. The minimum absolute atomic E-state index is 0.0406. The predicted molar refractivity (Wildman–Crippen MR) is 101 cm³/mol. The first-order chi connectivity index (χ1) is 12.5. The summed E-state index contributed by atoms with van der Waals surface area (Å²) in [6.45, 7) is 5.67. The fraction of sp³-hybridized carbons (Fsp3) is 0.421. The highest BCUT2D eigenvalue weighted by atomic mass is 16.2. The molecule has 136 valence electrons. The molecule has 2 aromatic heterocycles. The fourth-order valence-electron chi connectivity index (χ4n) is 3.70. The Morgan fingerprint density at radius 3 is 2.85 bits per heavy atom. The lowest BCUT2D eigenvalue weighted by atomic mass is 9.90. The molecule has 2 N–H and O–H groups in total. The number of fused-ring (bicyclic) bond motifs is 1. The van der Waals surface area contributed by atoms with Crippen molar-refractivity contribution in [2.75, 3.05) is 18.4 Å². The van der Waals surface area contributed by atoms with Crippen molar-refractivity contribution in [3.63, 3.8) is 0 Å². The van der Waals surface area contributed by atoms with E-state index in [2.05, 4.69) is 34.7 Å². The number of nitrogens with zero attached hydrogens (tertiary/aromatic N) is 4. The van der Waals surface area contributed by atoms with Crippen molar-refractivity contribution in [3.8, 4) is 0 Å². The van der Waals surface area contributed by atoms with Gasteiger partial charge in [-0.15, -0.1) is 0 Å². The van der Waals surface area contributed by atoms with Crippen molar-refractivity contribution in [1.29, 1.82) is 0 Å². The number of anilines is 1. The Morgan fingerprint density at radius 1 is 1.27 bits per heavy atom. The van der Waals surface area contributed by atoms with Gasteiger partial charge in [-0.3, -0.25) is 14.2 Å². The minimum Gasteiger partial charge on any atom is -0.326 e. The topological polar surface area (TPSA) is 76.8 Å². The molecule has 3 heterocycles. The van der Waals surface area contributed by atoms with Crippen molar-refractivity contribution in [3.05, 3.63) is 42.4 Å². The number of amides is 1. The second-order valence-corrected chi connectivity index (χ2v) is 7.26. The molecular weight excluding hydrogens is 328 g/mol. The standard InChI is InChI=1S/C19H24N6O/c1-12(2)25-18-6-15(5-4-13(18)7-22-25)23-19(26)17-10-20-9-16(17)14-8-21-24(3)11-14/h4-8,11-12,16-17,20H,9-10H2,1-3H3,(H,23,26)/t16-,17+/m1/s1. The van der Waals surface area contributed by atoms with Crippen LogP contribution in [0.25, 0.3) is 10.9 Å². The van der Waals surface area contributed by atoms with Crippen LogP contribution in [-0.4, -0.2) is 38.6 Å². The predicted octanol–water partition coefficient (Wildman–Crippen LogP) is 2.29. The third kappa shape index (κ3) is 2.99. The highest BCUT2D eigenvalue weighted by Gasteiger charge is 2.34. The summed E-state index contributed by atoms with van der Waals surface area (Å²) in [7, 11) is 1.90. The molecule has 4 rings (SSSR count).